The second-order valence-corrected chi connectivity index (χ2v) is 5.50. The Morgan fingerprint density at radius 2 is 2.05 bits per heavy atom. The highest BCUT2D eigenvalue weighted by molar-refractivity contribution is 5.84. The molecule has 2 atom stereocenters. The van der Waals surface area contributed by atoms with Crippen molar-refractivity contribution in [3.63, 3.8) is 0 Å². The average Bonchev–Trinajstić information content (AvgIpc) is 2.41. The molecule has 0 aromatic carbocycles. The summed E-state index contributed by atoms with van der Waals surface area (Å²) in [6.07, 6.45) is 1.70. The summed E-state index contributed by atoms with van der Waals surface area (Å²) in [6.45, 7) is 14.3. The first kappa shape index (κ1) is 19.4. The second kappa shape index (κ2) is 10.1. The fraction of sp³-hybridized carbons (Fsp3) is 0.933. The SMILES string of the molecule is CCCNC(C)(CC(C)N(CC)CCOCC)C(N)=O. The highest BCUT2D eigenvalue weighted by Gasteiger charge is 2.33. The fourth-order valence-electron chi connectivity index (χ4n) is 2.40. The maximum absolute atomic E-state index is 11.8. The summed E-state index contributed by atoms with van der Waals surface area (Å²) in [5, 5.41) is 3.29. The van der Waals surface area contributed by atoms with Crippen LogP contribution in [-0.4, -0.2) is 55.2 Å². The molecule has 0 bridgehead atoms. The van der Waals surface area contributed by atoms with E-state index in [1.165, 1.54) is 0 Å². The molecule has 0 heterocycles. The molecule has 0 aliphatic carbocycles. The number of rotatable bonds is 12. The molecule has 5 nitrogen and oxygen atoms in total. The van der Waals surface area contributed by atoms with Gasteiger partial charge in [-0.05, 0) is 46.7 Å². The highest BCUT2D eigenvalue weighted by atomic mass is 16.5. The smallest absolute Gasteiger partial charge is 0.237 e. The number of carbonyl (C=O) groups excluding carboxylic acids is 1. The van der Waals surface area contributed by atoms with Crippen LogP contribution in [0.4, 0.5) is 0 Å². The third-order valence-electron chi connectivity index (χ3n) is 3.77. The standard InChI is InChI=1S/C15H33N3O2/c1-6-9-17-15(5,14(16)19)12-13(4)18(7-2)10-11-20-8-3/h13,17H,6-12H2,1-5H3,(H2,16,19). The Balaban J connectivity index is 4.54. The van der Waals surface area contributed by atoms with Crippen molar-refractivity contribution in [1.82, 2.24) is 10.2 Å². The summed E-state index contributed by atoms with van der Waals surface area (Å²) < 4.78 is 5.41. The summed E-state index contributed by atoms with van der Waals surface area (Å²) in [4.78, 5) is 14.1. The van der Waals surface area contributed by atoms with E-state index in [0.29, 0.717) is 6.42 Å². The van der Waals surface area contributed by atoms with Gasteiger partial charge in [0.15, 0.2) is 0 Å². The van der Waals surface area contributed by atoms with Crippen LogP contribution in [0.25, 0.3) is 0 Å². The van der Waals surface area contributed by atoms with Crippen molar-refractivity contribution < 1.29 is 9.53 Å². The van der Waals surface area contributed by atoms with E-state index in [9.17, 15) is 4.79 Å². The lowest BCUT2D eigenvalue weighted by Crippen LogP contribution is -2.56. The summed E-state index contributed by atoms with van der Waals surface area (Å²) in [5.74, 6) is -0.279. The average molecular weight is 287 g/mol. The Labute approximate surface area is 124 Å². The van der Waals surface area contributed by atoms with Crippen LogP contribution in [0.2, 0.25) is 0 Å². The Morgan fingerprint density at radius 3 is 2.50 bits per heavy atom. The van der Waals surface area contributed by atoms with Gasteiger partial charge >= 0.3 is 0 Å². The fourth-order valence-corrected chi connectivity index (χ4v) is 2.40. The van der Waals surface area contributed by atoms with E-state index in [1.54, 1.807) is 0 Å². The van der Waals surface area contributed by atoms with Crippen LogP contribution in [-0.2, 0) is 9.53 Å². The molecule has 120 valence electrons. The van der Waals surface area contributed by atoms with Crippen LogP contribution in [0.5, 0.6) is 0 Å². The summed E-state index contributed by atoms with van der Waals surface area (Å²) in [5.41, 5.74) is 4.93. The van der Waals surface area contributed by atoms with Gasteiger partial charge in [-0.25, -0.2) is 0 Å². The van der Waals surface area contributed by atoms with Crippen molar-refractivity contribution in [1.29, 1.82) is 0 Å². The molecule has 2 unspecified atom stereocenters. The van der Waals surface area contributed by atoms with E-state index >= 15 is 0 Å². The molecular formula is C15H33N3O2. The Kier molecular flexibility index (Phi) is 9.80. The van der Waals surface area contributed by atoms with Crippen molar-refractivity contribution in [2.45, 2.75) is 59.0 Å². The number of likely N-dealkylation sites (N-methyl/N-ethyl adjacent to an activating group) is 1. The second-order valence-electron chi connectivity index (χ2n) is 5.50. The molecule has 0 saturated heterocycles. The van der Waals surface area contributed by atoms with Crippen LogP contribution in [0, 0.1) is 0 Å². The molecule has 0 aliphatic heterocycles. The first-order valence-electron chi connectivity index (χ1n) is 7.77. The van der Waals surface area contributed by atoms with Gasteiger partial charge in [-0.1, -0.05) is 13.8 Å². The summed E-state index contributed by atoms with van der Waals surface area (Å²) >= 11 is 0. The number of nitrogens with two attached hydrogens (primary N) is 1. The van der Waals surface area contributed by atoms with Crippen molar-refractivity contribution >= 4 is 5.91 Å². The number of primary amides is 1. The highest BCUT2D eigenvalue weighted by Crippen LogP contribution is 2.16. The molecule has 5 heteroatoms. The molecule has 0 aromatic rings. The number of carbonyl (C=O) groups is 1. The van der Waals surface area contributed by atoms with Gasteiger partial charge in [0.05, 0.1) is 12.1 Å². The largest absolute Gasteiger partial charge is 0.380 e. The molecule has 0 radical (unpaired) electrons. The maximum atomic E-state index is 11.8. The van der Waals surface area contributed by atoms with Crippen molar-refractivity contribution in [2.24, 2.45) is 5.73 Å². The number of nitrogens with one attached hydrogen (secondary N) is 1. The minimum Gasteiger partial charge on any atom is -0.380 e. The van der Waals surface area contributed by atoms with Gasteiger partial charge in [-0.15, -0.1) is 0 Å². The number of nitrogens with zero attached hydrogens (tertiary/aromatic N) is 1. The zero-order chi connectivity index (χ0) is 15.6. The van der Waals surface area contributed by atoms with E-state index in [1.807, 2.05) is 13.8 Å². The first-order valence-corrected chi connectivity index (χ1v) is 7.77. The van der Waals surface area contributed by atoms with E-state index < -0.39 is 5.54 Å². The number of amides is 1. The molecule has 0 rings (SSSR count). The van der Waals surface area contributed by atoms with Crippen molar-refractivity contribution in [3.8, 4) is 0 Å². The Bertz CT molecular complexity index is 274. The van der Waals surface area contributed by atoms with E-state index in [4.69, 9.17) is 10.5 Å². The summed E-state index contributed by atoms with van der Waals surface area (Å²) in [7, 11) is 0. The van der Waals surface area contributed by atoms with Crippen LogP contribution >= 0.6 is 0 Å². The molecular weight excluding hydrogens is 254 g/mol. The van der Waals surface area contributed by atoms with Crippen LogP contribution in [0.3, 0.4) is 0 Å². The predicted molar refractivity (Wildman–Crippen MR) is 83.7 cm³/mol. The maximum Gasteiger partial charge on any atom is 0.237 e. The van der Waals surface area contributed by atoms with Gasteiger partial charge < -0.3 is 15.8 Å². The Hall–Kier alpha value is -0.650. The van der Waals surface area contributed by atoms with Gasteiger partial charge in [0.2, 0.25) is 5.91 Å². The third-order valence-corrected chi connectivity index (χ3v) is 3.77. The van der Waals surface area contributed by atoms with Gasteiger partial charge in [0.1, 0.15) is 0 Å². The summed E-state index contributed by atoms with van der Waals surface area (Å²) in [6, 6.07) is 0.280. The molecule has 0 aliphatic rings. The third kappa shape index (κ3) is 6.68. The van der Waals surface area contributed by atoms with E-state index in [2.05, 4.69) is 31.0 Å². The molecule has 0 saturated carbocycles. The number of ether oxygens (including phenoxy) is 1. The lowest BCUT2D eigenvalue weighted by Gasteiger charge is -2.35. The predicted octanol–water partition coefficient (Wildman–Crippen LogP) is 1.37. The quantitative estimate of drug-likeness (QED) is 0.532. The lowest BCUT2D eigenvalue weighted by molar-refractivity contribution is -0.124. The minimum absolute atomic E-state index is 0.279. The van der Waals surface area contributed by atoms with Crippen LogP contribution in [0.15, 0.2) is 0 Å². The number of hydrogen-bond donors (Lipinski definition) is 2. The van der Waals surface area contributed by atoms with E-state index in [-0.39, 0.29) is 11.9 Å². The van der Waals surface area contributed by atoms with E-state index in [0.717, 1.165) is 39.3 Å². The Morgan fingerprint density at radius 1 is 1.40 bits per heavy atom. The molecule has 3 N–H and O–H groups in total. The first-order chi connectivity index (χ1) is 9.41. The van der Waals surface area contributed by atoms with Crippen molar-refractivity contribution in [2.75, 3.05) is 32.8 Å². The molecule has 0 spiro atoms. The molecule has 1 amide bonds. The van der Waals surface area contributed by atoms with Crippen LogP contribution in [0.1, 0.15) is 47.5 Å². The van der Waals surface area contributed by atoms with Crippen molar-refractivity contribution in [3.05, 3.63) is 0 Å². The normalized spacial score (nSPS) is 16.1. The van der Waals surface area contributed by atoms with Gasteiger partial charge in [0.25, 0.3) is 0 Å². The zero-order valence-corrected chi connectivity index (χ0v) is 13.9. The number of hydrogen-bond acceptors (Lipinski definition) is 4. The lowest BCUT2D eigenvalue weighted by atomic mass is 9.91. The molecule has 0 fully saturated rings. The van der Waals surface area contributed by atoms with Gasteiger partial charge in [0, 0.05) is 19.2 Å². The topological polar surface area (TPSA) is 67.6 Å². The zero-order valence-electron chi connectivity index (χ0n) is 13.9. The molecule has 20 heavy (non-hydrogen) atoms. The van der Waals surface area contributed by atoms with Crippen LogP contribution < -0.4 is 11.1 Å². The van der Waals surface area contributed by atoms with Gasteiger partial charge in [-0.2, -0.15) is 0 Å². The van der Waals surface area contributed by atoms with Gasteiger partial charge in [-0.3, -0.25) is 9.69 Å². The monoisotopic (exact) mass is 287 g/mol. The minimum atomic E-state index is -0.644. The molecule has 0 aromatic heterocycles.